The molecule has 1 atom stereocenters. The zero-order chi connectivity index (χ0) is 12.8. The molecule has 1 aromatic carbocycles. The number of morpholine rings is 1. The molecule has 0 saturated carbocycles. The predicted octanol–water partition coefficient (Wildman–Crippen LogP) is 0.715. The predicted molar refractivity (Wildman–Crippen MR) is 68.8 cm³/mol. The van der Waals surface area contributed by atoms with Crippen LogP contribution in [0.2, 0.25) is 0 Å². The van der Waals surface area contributed by atoms with Crippen molar-refractivity contribution in [2.24, 2.45) is 0 Å². The van der Waals surface area contributed by atoms with Crippen LogP contribution in [-0.2, 0) is 16.0 Å². The van der Waals surface area contributed by atoms with Gasteiger partial charge in [0.25, 0.3) is 0 Å². The Hall–Kier alpha value is -1.39. The maximum atomic E-state index is 12.3. The summed E-state index contributed by atoms with van der Waals surface area (Å²) in [7, 11) is 5.50. The van der Waals surface area contributed by atoms with E-state index in [1.165, 1.54) is 0 Å². The molecule has 2 rings (SSSR count). The van der Waals surface area contributed by atoms with Crippen LogP contribution >= 0.6 is 0 Å². The molecule has 0 aliphatic carbocycles. The molecular weight excluding hydrogens is 228 g/mol. The van der Waals surface area contributed by atoms with Gasteiger partial charge < -0.3 is 9.64 Å². The molecular formula is C14H18N2O2. The number of amides is 1. The van der Waals surface area contributed by atoms with E-state index in [0.717, 1.165) is 5.56 Å². The summed E-state index contributed by atoms with van der Waals surface area (Å²) in [6.07, 6.45) is 0.605. The molecule has 1 aliphatic rings. The molecule has 0 spiro atoms. The average Bonchev–Trinajstić information content (AvgIpc) is 2.46. The van der Waals surface area contributed by atoms with Crippen molar-refractivity contribution in [2.45, 2.75) is 12.5 Å². The summed E-state index contributed by atoms with van der Waals surface area (Å²) in [5.74, 6) is 0.0460. The Balaban J connectivity index is 1.97. The lowest BCUT2D eigenvalue weighted by molar-refractivity contribution is -0.137. The molecule has 1 amide bonds. The summed E-state index contributed by atoms with van der Waals surface area (Å²) in [6.45, 7) is 2.50. The first-order valence-electron chi connectivity index (χ1n) is 6.18. The van der Waals surface area contributed by atoms with E-state index in [-0.39, 0.29) is 11.9 Å². The van der Waals surface area contributed by atoms with Gasteiger partial charge >= 0.3 is 0 Å². The van der Waals surface area contributed by atoms with Crippen molar-refractivity contribution in [3.8, 4) is 0 Å². The lowest BCUT2D eigenvalue weighted by atomic mass is 10.0. The molecule has 1 aromatic rings. The summed E-state index contributed by atoms with van der Waals surface area (Å²) in [4.78, 5) is 14.1. The van der Waals surface area contributed by atoms with E-state index in [9.17, 15) is 4.79 Å². The van der Waals surface area contributed by atoms with Crippen LogP contribution in [0, 0.1) is 7.05 Å². The molecule has 2 radical (unpaired) electrons. The number of nitrogens with zero attached hydrogens (tertiary/aromatic N) is 1. The standard InChI is InChI=1S/C14H18N2O2/c1-15-13(11-12-5-3-2-4-6-12)14(17)16-7-9-18-10-8-16/h1-6,13,15H,7-11H2/t13-/m0/s1. The minimum Gasteiger partial charge on any atom is -0.378 e. The van der Waals surface area contributed by atoms with Crippen LogP contribution in [0.15, 0.2) is 30.3 Å². The van der Waals surface area contributed by atoms with Gasteiger partial charge in [-0.05, 0) is 12.0 Å². The number of ether oxygens (including phenoxy) is 1. The molecule has 0 bridgehead atoms. The first kappa shape index (κ1) is 13.1. The first-order chi connectivity index (χ1) is 8.81. The summed E-state index contributed by atoms with van der Waals surface area (Å²) in [6, 6.07) is 9.50. The van der Waals surface area contributed by atoms with Crippen LogP contribution in [0.1, 0.15) is 5.56 Å². The minimum atomic E-state index is -0.370. The summed E-state index contributed by atoms with van der Waals surface area (Å²) in [5, 5.41) is 2.62. The highest BCUT2D eigenvalue weighted by atomic mass is 16.5. The van der Waals surface area contributed by atoms with Crippen molar-refractivity contribution in [3.63, 3.8) is 0 Å². The van der Waals surface area contributed by atoms with Gasteiger partial charge in [0.2, 0.25) is 5.91 Å². The highest BCUT2D eigenvalue weighted by molar-refractivity contribution is 5.82. The highest BCUT2D eigenvalue weighted by Gasteiger charge is 2.24. The zero-order valence-corrected chi connectivity index (χ0v) is 10.3. The smallest absolute Gasteiger partial charge is 0.240 e. The third-order valence-electron chi connectivity index (χ3n) is 3.10. The molecule has 0 aromatic heterocycles. The van der Waals surface area contributed by atoms with Gasteiger partial charge in [-0.25, -0.2) is 0 Å². The van der Waals surface area contributed by atoms with Crippen molar-refractivity contribution in [1.29, 1.82) is 0 Å². The first-order valence-corrected chi connectivity index (χ1v) is 6.18. The third-order valence-corrected chi connectivity index (χ3v) is 3.10. The zero-order valence-electron chi connectivity index (χ0n) is 10.3. The van der Waals surface area contributed by atoms with Crippen molar-refractivity contribution in [1.82, 2.24) is 10.2 Å². The second kappa shape index (κ2) is 6.52. The van der Waals surface area contributed by atoms with Gasteiger partial charge in [0.05, 0.1) is 19.3 Å². The van der Waals surface area contributed by atoms with E-state index in [0.29, 0.717) is 32.7 Å². The molecule has 4 heteroatoms. The van der Waals surface area contributed by atoms with E-state index < -0.39 is 0 Å². The quantitative estimate of drug-likeness (QED) is 0.796. The van der Waals surface area contributed by atoms with Gasteiger partial charge in [-0.3, -0.25) is 10.1 Å². The SMILES string of the molecule is [CH]N[C@@H](Cc1ccccc1)C(=O)N1CCOCC1. The fourth-order valence-corrected chi connectivity index (χ4v) is 2.07. The van der Waals surface area contributed by atoms with Gasteiger partial charge in [0.1, 0.15) is 0 Å². The number of benzene rings is 1. The van der Waals surface area contributed by atoms with Crippen LogP contribution < -0.4 is 5.32 Å². The lowest BCUT2D eigenvalue weighted by Crippen LogP contribution is -2.50. The van der Waals surface area contributed by atoms with E-state index >= 15 is 0 Å². The Bertz CT molecular complexity index is 375. The molecule has 1 fully saturated rings. The number of carbonyl (C=O) groups excluding carboxylic acids is 1. The maximum absolute atomic E-state index is 12.3. The lowest BCUT2D eigenvalue weighted by Gasteiger charge is -2.30. The second-order valence-corrected chi connectivity index (χ2v) is 4.35. The monoisotopic (exact) mass is 246 g/mol. The fraction of sp³-hybridized carbons (Fsp3) is 0.429. The maximum Gasteiger partial charge on any atom is 0.240 e. The Labute approximate surface area is 108 Å². The van der Waals surface area contributed by atoms with Gasteiger partial charge in [0, 0.05) is 20.1 Å². The topological polar surface area (TPSA) is 41.6 Å². The van der Waals surface area contributed by atoms with E-state index in [1.807, 2.05) is 30.3 Å². The molecule has 1 N–H and O–H groups in total. The van der Waals surface area contributed by atoms with E-state index in [4.69, 9.17) is 11.8 Å². The Morgan fingerprint density at radius 1 is 1.33 bits per heavy atom. The van der Waals surface area contributed by atoms with Crippen molar-refractivity contribution in [3.05, 3.63) is 42.9 Å². The van der Waals surface area contributed by atoms with Crippen LogP contribution in [0.4, 0.5) is 0 Å². The number of carbonyl (C=O) groups is 1. The third kappa shape index (κ3) is 3.31. The minimum absolute atomic E-state index is 0.0460. The molecule has 1 aliphatic heterocycles. The largest absolute Gasteiger partial charge is 0.378 e. The highest BCUT2D eigenvalue weighted by Crippen LogP contribution is 2.07. The second-order valence-electron chi connectivity index (χ2n) is 4.35. The summed E-state index contributed by atoms with van der Waals surface area (Å²) < 4.78 is 5.24. The molecule has 96 valence electrons. The van der Waals surface area contributed by atoms with Gasteiger partial charge in [-0.2, -0.15) is 0 Å². The molecule has 1 heterocycles. The van der Waals surface area contributed by atoms with E-state index in [1.54, 1.807) is 4.90 Å². The number of hydrogen-bond acceptors (Lipinski definition) is 3. The molecule has 0 unspecified atom stereocenters. The van der Waals surface area contributed by atoms with Gasteiger partial charge in [-0.15, -0.1) is 0 Å². The molecule has 4 nitrogen and oxygen atoms in total. The van der Waals surface area contributed by atoms with Crippen LogP contribution in [0.25, 0.3) is 0 Å². The van der Waals surface area contributed by atoms with Crippen molar-refractivity contribution in [2.75, 3.05) is 26.3 Å². The van der Waals surface area contributed by atoms with Crippen LogP contribution in [0.3, 0.4) is 0 Å². The Morgan fingerprint density at radius 2 is 2.00 bits per heavy atom. The van der Waals surface area contributed by atoms with Crippen molar-refractivity contribution < 1.29 is 9.53 Å². The fourth-order valence-electron chi connectivity index (χ4n) is 2.07. The van der Waals surface area contributed by atoms with Gasteiger partial charge in [0.15, 0.2) is 0 Å². The van der Waals surface area contributed by atoms with Crippen LogP contribution in [0.5, 0.6) is 0 Å². The van der Waals surface area contributed by atoms with Crippen molar-refractivity contribution >= 4 is 5.91 Å². The summed E-state index contributed by atoms with van der Waals surface area (Å²) >= 11 is 0. The normalized spacial score (nSPS) is 17.5. The average molecular weight is 246 g/mol. The molecule has 1 saturated heterocycles. The number of rotatable bonds is 4. The summed E-state index contributed by atoms with van der Waals surface area (Å²) in [5.41, 5.74) is 1.10. The number of hydrogen-bond donors (Lipinski definition) is 1. The Morgan fingerprint density at radius 3 is 2.61 bits per heavy atom. The number of nitrogens with one attached hydrogen (secondary N) is 1. The Kier molecular flexibility index (Phi) is 4.73. The van der Waals surface area contributed by atoms with E-state index in [2.05, 4.69) is 5.32 Å². The van der Waals surface area contributed by atoms with Gasteiger partial charge in [-0.1, -0.05) is 30.3 Å². The van der Waals surface area contributed by atoms with Crippen LogP contribution in [-0.4, -0.2) is 43.2 Å². The molecule has 18 heavy (non-hydrogen) atoms.